The number of aliphatic hydroxyl groups excluding tert-OH is 4. The Kier molecular flexibility index (Phi) is 5.51. The maximum absolute atomic E-state index is 10.3. The molecule has 0 bridgehead atoms. The zero-order valence-electron chi connectivity index (χ0n) is 10.9. The highest BCUT2D eigenvalue weighted by Crippen LogP contribution is 2.34. The monoisotopic (exact) mass is 264 g/mol. The van der Waals surface area contributed by atoms with Gasteiger partial charge in [-0.3, -0.25) is 0 Å². The van der Waals surface area contributed by atoms with Gasteiger partial charge in [0, 0.05) is 6.42 Å². The highest BCUT2D eigenvalue weighted by molar-refractivity contribution is 4.95. The maximum Gasteiger partial charge on any atom is 0.219 e. The van der Waals surface area contributed by atoms with Crippen molar-refractivity contribution in [1.82, 2.24) is 0 Å². The molecule has 0 aromatic heterocycles. The Bertz CT molecular complexity index is 254. The molecule has 5 atom stereocenters. The van der Waals surface area contributed by atoms with Gasteiger partial charge in [-0.15, -0.1) is 0 Å². The minimum Gasteiger partial charge on any atom is -0.394 e. The van der Waals surface area contributed by atoms with Gasteiger partial charge in [-0.05, 0) is 5.92 Å². The van der Waals surface area contributed by atoms with E-state index in [0.717, 1.165) is 0 Å². The molecular weight excluding hydrogens is 240 g/mol. The fraction of sp³-hybridized carbons (Fsp3) is 1.00. The number of rotatable bonds is 5. The maximum atomic E-state index is 10.3. The van der Waals surface area contributed by atoms with E-state index in [4.69, 9.17) is 9.84 Å². The largest absolute Gasteiger partial charge is 0.394 e. The molecule has 1 rings (SSSR count). The first-order chi connectivity index (χ1) is 8.40. The van der Waals surface area contributed by atoms with E-state index in [2.05, 4.69) is 0 Å². The molecule has 1 aliphatic rings. The smallest absolute Gasteiger partial charge is 0.219 e. The Balaban J connectivity index is 2.88. The first-order valence-corrected chi connectivity index (χ1v) is 6.45. The standard InChI is InChI=1S/C12H24O6/c1-3-7(4-2)11(16)12(17)10(15)5-8(14)9(6-13)18-12/h7-11,13-17H,3-6H2,1-2H3/t8?,9-,10?,11?,12-/m1/s1. The van der Waals surface area contributed by atoms with Crippen molar-refractivity contribution < 1.29 is 30.3 Å². The van der Waals surface area contributed by atoms with Crippen molar-refractivity contribution in [2.75, 3.05) is 6.61 Å². The van der Waals surface area contributed by atoms with Crippen LogP contribution in [-0.2, 0) is 4.74 Å². The minimum atomic E-state index is -2.14. The Morgan fingerprint density at radius 2 is 1.83 bits per heavy atom. The van der Waals surface area contributed by atoms with Crippen molar-refractivity contribution in [1.29, 1.82) is 0 Å². The Labute approximate surface area is 107 Å². The third-order valence-electron chi connectivity index (χ3n) is 3.81. The van der Waals surface area contributed by atoms with Gasteiger partial charge >= 0.3 is 0 Å². The van der Waals surface area contributed by atoms with Crippen molar-refractivity contribution in [3.05, 3.63) is 0 Å². The molecule has 0 saturated carbocycles. The quantitative estimate of drug-likeness (QED) is 0.434. The number of aliphatic hydroxyl groups is 5. The SMILES string of the molecule is CCC(CC)C(O)[C@]1(O)O[C@H](CO)C(O)CC1O. The van der Waals surface area contributed by atoms with Crippen molar-refractivity contribution >= 4 is 0 Å². The predicted molar refractivity (Wildman–Crippen MR) is 63.6 cm³/mol. The second-order valence-corrected chi connectivity index (χ2v) is 4.93. The predicted octanol–water partition coefficient (Wildman–Crippen LogP) is -1.02. The summed E-state index contributed by atoms with van der Waals surface area (Å²) in [7, 11) is 0. The fourth-order valence-corrected chi connectivity index (χ4v) is 2.45. The summed E-state index contributed by atoms with van der Waals surface area (Å²) in [4.78, 5) is 0. The summed E-state index contributed by atoms with van der Waals surface area (Å²) in [6, 6.07) is 0. The van der Waals surface area contributed by atoms with Crippen LogP contribution in [0.3, 0.4) is 0 Å². The van der Waals surface area contributed by atoms with Crippen molar-refractivity contribution in [3.63, 3.8) is 0 Å². The van der Waals surface area contributed by atoms with Gasteiger partial charge in [0.1, 0.15) is 18.3 Å². The van der Waals surface area contributed by atoms with Crippen LogP contribution in [0.25, 0.3) is 0 Å². The lowest BCUT2D eigenvalue weighted by Crippen LogP contribution is -2.64. The highest BCUT2D eigenvalue weighted by Gasteiger charge is 2.53. The molecular formula is C12H24O6. The summed E-state index contributed by atoms with van der Waals surface area (Å²) in [5.41, 5.74) is 0. The Morgan fingerprint density at radius 3 is 2.28 bits per heavy atom. The van der Waals surface area contributed by atoms with Crippen LogP contribution in [0, 0.1) is 5.92 Å². The molecule has 1 saturated heterocycles. The summed E-state index contributed by atoms with van der Waals surface area (Å²) in [5, 5.41) is 49.0. The molecule has 1 fully saturated rings. The summed E-state index contributed by atoms with van der Waals surface area (Å²) in [5.74, 6) is -2.36. The topological polar surface area (TPSA) is 110 Å². The zero-order valence-corrected chi connectivity index (χ0v) is 10.9. The summed E-state index contributed by atoms with van der Waals surface area (Å²) >= 11 is 0. The molecule has 0 aromatic rings. The van der Waals surface area contributed by atoms with E-state index in [-0.39, 0.29) is 12.3 Å². The van der Waals surface area contributed by atoms with Gasteiger partial charge in [-0.1, -0.05) is 26.7 Å². The van der Waals surface area contributed by atoms with Crippen LogP contribution in [0.5, 0.6) is 0 Å². The van der Waals surface area contributed by atoms with Crippen LogP contribution < -0.4 is 0 Å². The normalized spacial score (nSPS) is 39.0. The average Bonchev–Trinajstić information content (AvgIpc) is 2.35. The second-order valence-electron chi connectivity index (χ2n) is 4.93. The lowest BCUT2D eigenvalue weighted by molar-refractivity contribution is -0.361. The van der Waals surface area contributed by atoms with E-state index >= 15 is 0 Å². The van der Waals surface area contributed by atoms with Crippen LogP contribution in [0.15, 0.2) is 0 Å². The lowest BCUT2D eigenvalue weighted by atomic mass is 9.84. The fourth-order valence-electron chi connectivity index (χ4n) is 2.45. The summed E-state index contributed by atoms with van der Waals surface area (Å²) < 4.78 is 5.15. The van der Waals surface area contributed by atoms with Crippen LogP contribution in [0.1, 0.15) is 33.1 Å². The van der Waals surface area contributed by atoms with Gasteiger partial charge in [0.15, 0.2) is 0 Å². The van der Waals surface area contributed by atoms with Gasteiger partial charge in [-0.25, -0.2) is 0 Å². The number of ether oxygens (including phenoxy) is 1. The lowest BCUT2D eigenvalue weighted by Gasteiger charge is -2.46. The van der Waals surface area contributed by atoms with Crippen molar-refractivity contribution in [3.8, 4) is 0 Å². The highest BCUT2D eigenvalue weighted by atomic mass is 16.7. The molecule has 0 aromatic carbocycles. The van der Waals surface area contributed by atoms with Crippen LogP contribution in [0.2, 0.25) is 0 Å². The molecule has 3 unspecified atom stereocenters. The van der Waals surface area contributed by atoms with Gasteiger partial charge in [0.25, 0.3) is 0 Å². The third kappa shape index (κ3) is 2.84. The van der Waals surface area contributed by atoms with E-state index in [1.165, 1.54) is 0 Å². The number of hydrogen-bond donors (Lipinski definition) is 5. The summed E-state index contributed by atoms with van der Waals surface area (Å²) in [6.45, 7) is 3.26. The second kappa shape index (κ2) is 6.27. The molecule has 6 heteroatoms. The minimum absolute atomic E-state index is 0.140. The van der Waals surface area contributed by atoms with Gasteiger partial charge < -0.3 is 30.3 Å². The zero-order chi connectivity index (χ0) is 13.9. The molecule has 0 radical (unpaired) electrons. The van der Waals surface area contributed by atoms with E-state index in [1.54, 1.807) is 0 Å². The Morgan fingerprint density at radius 1 is 1.28 bits per heavy atom. The van der Waals surface area contributed by atoms with Gasteiger partial charge in [-0.2, -0.15) is 0 Å². The molecule has 108 valence electrons. The first kappa shape index (κ1) is 15.8. The van der Waals surface area contributed by atoms with Gasteiger partial charge in [0.2, 0.25) is 5.79 Å². The van der Waals surface area contributed by atoms with Crippen LogP contribution in [0.4, 0.5) is 0 Å². The molecule has 1 aliphatic heterocycles. The van der Waals surface area contributed by atoms with E-state index < -0.39 is 36.8 Å². The molecule has 0 spiro atoms. The van der Waals surface area contributed by atoms with E-state index in [9.17, 15) is 20.4 Å². The van der Waals surface area contributed by atoms with Crippen molar-refractivity contribution in [2.45, 2.75) is 63.3 Å². The van der Waals surface area contributed by atoms with Crippen molar-refractivity contribution in [2.24, 2.45) is 5.92 Å². The summed E-state index contributed by atoms with van der Waals surface area (Å²) in [6.07, 6.45) is -3.58. The van der Waals surface area contributed by atoms with Crippen LogP contribution in [-0.4, -0.2) is 62.3 Å². The molecule has 1 heterocycles. The molecule has 18 heavy (non-hydrogen) atoms. The molecule has 5 N–H and O–H groups in total. The molecule has 0 amide bonds. The van der Waals surface area contributed by atoms with Crippen LogP contribution >= 0.6 is 0 Å². The van der Waals surface area contributed by atoms with Gasteiger partial charge in [0.05, 0.1) is 12.7 Å². The average molecular weight is 264 g/mol. The molecule has 0 aliphatic carbocycles. The third-order valence-corrected chi connectivity index (χ3v) is 3.81. The van der Waals surface area contributed by atoms with E-state index in [0.29, 0.717) is 12.8 Å². The molecule has 6 nitrogen and oxygen atoms in total. The Hall–Kier alpha value is -0.240. The first-order valence-electron chi connectivity index (χ1n) is 6.45. The van der Waals surface area contributed by atoms with E-state index in [1.807, 2.05) is 13.8 Å². The number of hydrogen-bond acceptors (Lipinski definition) is 6.